The van der Waals surface area contributed by atoms with Crippen molar-refractivity contribution in [2.45, 2.75) is 19.4 Å². The van der Waals surface area contributed by atoms with E-state index in [9.17, 15) is 13.6 Å². The normalized spacial score (nSPS) is 10.6. The minimum absolute atomic E-state index is 0.0416. The number of para-hydroxylation sites is 1. The van der Waals surface area contributed by atoms with Crippen molar-refractivity contribution < 1.29 is 18.7 Å². The summed E-state index contributed by atoms with van der Waals surface area (Å²) in [6.45, 7) is -0.167. The van der Waals surface area contributed by atoms with Gasteiger partial charge in [-0.3, -0.25) is 4.79 Å². The molecular weight excluding hydrogens is 282 g/mol. The van der Waals surface area contributed by atoms with Crippen molar-refractivity contribution in [2.24, 2.45) is 0 Å². The lowest BCUT2D eigenvalue weighted by molar-refractivity contribution is -0.117. The number of nitrogens with zero attached hydrogens (tertiary/aromatic N) is 3. The predicted molar refractivity (Wildman–Crippen MR) is 70.4 cm³/mol. The molecule has 0 fully saturated rings. The third-order valence-corrected chi connectivity index (χ3v) is 2.71. The molecule has 2 aromatic rings. The molecular formula is C13H14F2N4O2. The maximum absolute atomic E-state index is 13.4. The smallest absolute Gasteiger partial charge is 0.246 e. The van der Waals surface area contributed by atoms with Gasteiger partial charge in [-0.15, -0.1) is 5.10 Å². The van der Waals surface area contributed by atoms with Crippen LogP contribution in [0.4, 0.5) is 14.5 Å². The number of benzene rings is 1. The minimum atomic E-state index is -0.842. The summed E-state index contributed by atoms with van der Waals surface area (Å²) in [6, 6.07) is 3.33. The predicted octanol–water partition coefficient (Wildman–Crippen LogP) is 1.12. The molecule has 112 valence electrons. The lowest BCUT2D eigenvalue weighted by Gasteiger charge is -2.07. The third-order valence-electron chi connectivity index (χ3n) is 2.71. The van der Waals surface area contributed by atoms with Gasteiger partial charge in [0.2, 0.25) is 5.91 Å². The zero-order chi connectivity index (χ0) is 15.2. The Balaban J connectivity index is 1.97. The number of aromatic nitrogens is 3. The maximum atomic E-state index is 13.4. The van der Waals surface area contributed by atoms with E-state index in [1.165, 1.54) is 10.7 Å². The molecule has 2 N–H and O–H groups in total. The van der Waals surface area contributed by atoms with Crippen LogP contribution in [-0.2, 0) is 17.8 Å². The summed E-state index contributed by atoms with van der Waals surface area (Å²) in [5.74, 6) is -2.30. The van der Waals surface area contributed by atoms with E-state index in [2.05, 4.69) is 15.6 Å². The average molecular weight is 296 g/mol. The van der Waals surface area contributed by atoms with Gasteiger partial charge in [-0.2, -0.15) is 0 Å². The molecule has 0 atom stereocenters. The van der Waals surface area contributed by atoms with Gasteiger partial charge in [-0.05, 0) is 25.0 Å². The van der Waals surface area contributed by atoms with Gasteiger partial charge in [-0.25, -0.2) is 13.5 Å². The van der Waals surface area contributed by atoms with Gasteiger partial charge < -0.3 is 10.4 Å². The van der Waals surface area contributed by atoms with Crippen molar-refractivity contribution in [1.82, 2.24) is 15.0 Å². The van der Waals surface area contributed by atoms with Crippen molar-refractivity contribution >= 4 is 11.6 Å². The van der Waals surface area contributed by atoms with Crippen molar-refractivity contribution in [2.75, 3.05) is 11.9 Å². The Labute approximate surface area is 119 Å². The molecule has 0 bridgehead atoms. The Kier molecular flexibility index (Phi) is 4.94. The van der Waals surface area contributed by atoms with E-state index in [0.717, 1.165) is 12.1 Å². The third kappa shape index (κ3) is 4.06. The Bertz CT molecular complexity index is 610. The molecule has 0 aliphatic rings. The fourth-order valence-electron chi connectivity index (χ4n) is 1.73. The first-order chi connectivity index (χ1) is 10.1. The van der Waals surface area contributed by atoms with Crippen molar-refractivity contribution in [3.05, 3.63) is 41.7 Å². The Morgan fingerprint density at radius 3 is 2.71 bits per heavy atom. The Hall–Kier alpha value is -2.35. The highest BCUT2D eigenvalue weighted by atomic mass is 19.1. The van der Waals surface area contributed by atoms with Crippen LogP contribution in [0.1, 0.15) is 12.1 Å². The van der Waals surface area contributed by atoms with Crippen molar-refractivity contribution in [3.8, 4) is 0 Å². The molecule has 1 amide bonds. The zero-order valence-electron chi connectivity index (χ0n) is 11.1. The highest BCUT2D eigenvalue weighted by Crippen LogP contribution is 2.17. The van der Waals surface area contributed by atoms with Gasteiger partial charge >= 0.3 is 0 Å². The fourth-order valence-corrected chi connectivity index (χ4v) is 1.73. The van der Waals surface area contributed by atoms with Gasteiger partial charge in [0.15, 0.2) is 0 Å². The quantitative estimate of drug-likeness (QED) is 0.837. The first-order valence-electron chi connectivity index (χ1n) is 6.34. The monoisotopic (exact) mass is 296 g/mol. The number of hydrogen-bond acceptors (Lipinski definition) is 4. The second-order valence-corrected chi connectivity index (χ2v) is 4.38. The highest BCUT2D eigenvalue weighted by Gasteiger charge is 2.13. The highest BCUT2D eigenvalue weighted by molar-refractivity contribution is 5.90. The lowest BCUT2D eigenvalue weighted by Crippen LogP contribution is -2.20. The molecule has 0 aliphatic heterocycles. The molecule has 1 aromatic heterocycles. The zero-order valence-corrected chi connectivity index (χ0v) is 11.1. The van der Waals surface area contributed by atoms with E-state index in [1.807, 2.05) is 0 Å². The van der Waals surface area contributed by atoms with E-state index in [0.29, 0.717) is 18.5 Å². The molecule has 0 saturated carbocycles. The number of anilines is 1. The lowest BCUT2D eigenvalue weighted by atomic mass is 10.2. The van der Waals surface area contributed by atoms with Crippen LogP contribution in [0.15, 0.2) is 24.4 Å². The first kappa shape index (κ1) is 15.0. The van der Waals surface area contributed by atoms with E-state index in [4.69, 9.17) is 5.11 Å². The van der Waals surface area contributed by atoms with Crippen molar-refractivity contribution in [1.29, 1.82) is 0 Å². The summed E-state index contributed by atoms with van der Waals surface area (Å²) >= 11 is 0. The van der Waals surface area contributed by atoms with E-state index in [-0.39, 0.29) is 13.2 Å². The standard InChI is InChI=1S/C13H14F2N4O2/c14-10-4-1-5-11(15)13(10)16-12(21)8-19-7-9(17-18-19)3-2-6-20/h1,4-5,7,20H,2-3,6,8H2,(H,16,21). The summed E-state index contributed by atoms with van der Waals surface area (Å²) in [5.41, 5.74) is 0.150. The largest absolute Gasteiger partial charge is 0.396 e. The van der Waals surface area contributed by atoms with Crippen LogP contribution in [0.25, 0.3) is 0 Å². The van der Waals surface area contributed by atoms with Gasteiger partial charge in [0.25, 0.3) is 0 Å². The Morgan fingerprint density at radius 2 is 2.05 bits per heavy atom. The number of halogens is 2. The van der Waals surface area contributed by atoms with E-state index < -0.39 is 23.2 Å². The van der Waals surface area contributed by atoms with Crippen LogP contribution < -0.4 is 5.32 Å². The second-order valence-electron chi connectivity index (χ2n) is 4.38. The van der Waals surface area contributed by atoms with Gasteiger partial charge in [0.05, 0.1) is 5.69 Å². The average Bonchev–Trinajstić information content (AvgIpc) is 2.88. The molecule has 8 heteroatoms. The number of carbonyl (C=O) groups is 1. The SMILES string of the molecule is O=C(Cn1cc(CCCO)nn1)Nc1c(F)cccc1F. The van der Waals surface area contributed by atoms with Crippen LogP contribution in [0, 0.1) is 11.6 Å². The van der Waals surface area contributed by atoms with Crippen molar-refractivity contribution in [3.63, 3.8) is 0 Å². The second kappa shape index (κ2) is 6.89. The van der Waals surface area contributed by atoms with Gasteiger partial charge in [-0.1, -0.05) is 11.3 Å². The number of rotatable bonds is 6. The van der Waals surface area contributed by atoms with Crippen LogP contribution in [0.2, 0.25) is 0 Å². The van der Waals surface area contributed by atoms with Gasteiger partial charge in [0.1, 0.15) is 23.9 Å². The summed E-state index contributed by atoms with van der Waals surface area (Å²) in [5, 5.41) is 18.4. The topological polar surface area (TPSA) is 80.0 Å². The molecule has 1 aromatic carbocycles. The minimum Gasteiger partial charge on any atom is -0.396 e. The van der Waals surface area contributed by atoms with E-state index in [1.54, 1.807) is 6.20 Å². The summed E-state index contributed by atoms with van der Waals surface area (Å²) in [7, 11) is 0. The van der Waals surface area contributed by atoms with Crippen LogP contribution in [-0.4, -0.2) is 32.6 Å². The number of aliphatic hydroxyl groups excluding tert-OH is 1. The number of carbonyl (C=O) groups excluding carboxylic acids is 1. The molecule has 0 saturated heterocycles. The summed E-state index contributed by atoms with van der Waals surface area (Å²) in [6.07, 6.45) is 2.64. The number of amides is 1. The maximum Gasteiger partial charge on any atom is 0.246 e. The summed E-state index contributed by atoms with van der Waals surface area (Å²) < 4.78 is 28.0. The Morgan fingerprint density at radius 1 is 1.33 bits per heavy atom. The number of aryl methyl sites for hydroxylation is 1. The number of nitrogens with one attached hydrogen (secondary N) is 1. The summed E-state index contributed by atoms with van der Waals surface area (Å²) in [4.78, 5) is 11.7. The molecule has 1 heterocycles. The van der Waals surface area contributed by atoms with Crippen LogP contribution >= 0.6 is 0 Å². The molecule has 0 radical (unpaired) electrons. The number of aliphatic hydroxyl groups is 1. The molecule has 0 unspecified atom stereocenters. The first-order valence-corrected chi connectivity index (χ1v) is 6.34. The molecule has 6 nitrogen and oxygen atoms in total. The van der Waals surface area contributed by atoms with Crippen LogP contribution in [0.3, 0.4) is 0 Å². The van der Waals surface area contributed by atoms with Gasteiger partial charge in [0, 0.05) is 12.8 Å². The molecule has 0 aliphatic carbocycles. The molecule has 21 heavy (non-hydrogen) atoms. The molecule has 0 spiro atoms. The number of hydrogen-bond donors (Lipinski definition) is 2. The van der Waals surface area contributed by atoms with E-state index >= 15 is 0 Å². The van der Waals surface area contributed by atoms with Crippen LogP contribution in [0.5, 0.6) is 0 Å². The fraction of sp³-hybridized carbons (Fsp3) is 0.308. The molecule has 2 rings (SSSR count).